The van der Waals surface area contributed by atoms with E-state index in [2.05, 4.69) is 0 Å². The number of carbonyl (C=O) groups is 3. The number of carboxylic acid groups (broad SMARTS) is 1. The van der Waals surface area contributed by atoms with Crippen molar-refractivity contribution >= 4 is 35.1 Å². The summed E-state index contributed by atoms with van der Waals surface area (Å²) < 4.78 is 23.5. The number of hydrogen-bond donors (Lipinski definition) is 1. The third-order valence-corrected chi connectivity index (χ3v) is 7.77. The molecule has 42 heavy (non-hydrogen) atoms. The molecule has 2 aliphatic heterocycles. The fraction of sp³-hybridized carbons (Fsp3) is 0.516. The fourth-order valence-corrected chi connectivity index (χ4v) is 5.79. The number of fused-ring (bicyclic) bond motifs is 1. The van der Waals surface area contributed by atoms with E-state index in [9.17, 15) is 19.5 Å². The average Bonchev–Trinajstić information content (AvgIpc) is 3.05. The molecule has 0 bridgehead atoms. The molecule has 2 heterocycles. The van der Waals surface area contributed by atoms with E-state index in [1.807, 2.05) is 20.8 Å². The molecule has 2 aliphatic rings. The number of ether oxygens (including phenoxy) is 4. The highest BCUT2D eigenvalue weighted by Gasteiger charge is 2.41. The van der Waals surface area contributed by atoms with Crippen LogP contribution in [-0.4, -0.2) is 74.9 Å². The molecule has 3 atom stereocenters. The predicted octanol–water partition coefficient (Wildman–Crippen LogP) is 4.95. The third-order valence-electron chi connectivity index (χ3n) is 7.54. The van der Waals surface area contributed by atoms with Crippen LogP contribution in [0.4, 0.5) is 5.69 Å². The van der Waals surface area contributed by atoms with Gasteiger partial charge in [-0.15, -0.1) is 0 Å². The SMILES string of the molecule is COc1ccc(C2OC(CC(=O)N3CCCC(C(=O)O)C3)C(=O)N(CC(C)(C)C)c3ccc(Cl)cc32)c(OC)c1OC. The number of amides is 2. The number of aliphatic carboxylic acids is 1. The molecule has 0 aliphatic carbocycles. The second-order valence-electron chi connectivity index (χ2n) is 11.8. The van der Waals surface area contributed by atoms with Crippen LogP contribution in [-0.2, 0) is 19.1 Å². The Bertz CT molecular complexity index is 1340. The summed E-state index contributed by atoms with van der Waals surface area (Å²) in [6.07, 6.45) is -1.20. The number of likely N-dealkylation sites (tertiary alicyclic amines) is 1. The molecule has 0 saturated carbocycles. The van der Waals surface area contributed by atoms with Crippen LogP contribution in [0.1, 0.15) is 57.3 Å². The molecule has 1 fully saturated rings. The van der Waals surface area contributed by atoms with E-state index in [4.69, 9.17) is 30.5 Å². The molecular formula is C31H39ClN2O8. The molecule has 0 spiro atoms. The Balaban J connectivity index is 1.83. The highest BCUT2D eigenvalue weighted by atomic mass is 35.5. The van der Waals surface area contributed by atoms with E-state index in [0.29, 0.717) is 65.0 Å². The number of piperidine rings is 1. The average molecular weight is 603 g/mol. The van der Waals surface area contributed by atoms with Gasteiger partial charge in [0, 0.05) is 41.5 Å². The molecule has 10 nitrogen and oxygen atoms in total. The second kappa shape index (κ2) is 12.8. The fourth-order valence-electron chi connectivity index (χ4n) is 5.61. The van der Waals surface area contributed by atoms with Gasteiger partial charge < -0.3 is 33.9 Å². The quantitative estimate of drug-likeness (QED) is 0.452. The van der Waals surface area contributed by atoms with Crippen molar-refractivity contribution in [2.24, 2.45) is 11.3 Å². The number of halogens is 1. The molecular weight excluding hydrogens is 564 g/mol. The van der Waals surface area contributed by atoms with Crippen molar-refractivity contribution in [3.05, 3.63) is 46.5 Å². The minimum atomic E-state index is -1.17. The lowest BCUT2D eigenvalue weighted by atomic mass is 9.94. The number of nitrogens with zero attached hydrogens (tertiary/aromatic N) is 2. The summed E-state index contributed by atoms with van der Waals surface area (Å²) in [5.41, 5.74) is 1.51. The first-order chi connectivity index (χ1) is 19.9. The maximum absolute atomic E-state index is 14.2. The summed E-state index contributed by atoms with van der Waals surface area (Å²) in [6, 6.07) is 8.77. The molecule has 11 heteroatoms. The number of anilines is 1. The van der Waals surface area contributed by atoms with Gasteiger partial charge in [0.25, 0.3) is 5.91 Å². The summed E-state index contributed by atoms with van der Waals surface area (Å²) >= 11 is 6.50. The van der Waals surface area contributed by atoms with E-state index in [-0.39, 0.29) is 30.2 Å². The van der Waals surface area contributed by atoms with Crippen molar-refractivity contribution in [1.82, 2.24) is 4.90 Å². The number of carbonyl (C=O) groups excluding carboxylic acids is 2. The topological polar surface area (TPSA) is 115 Å². The zero-order valence-electron chi connectivity index (χ0n) is 24.9. The van der Waals surface area contributed by atoms with Gasteiger partial charge >= 0.3 is 5.97 Å². The lowest BCUT2D eigenvalue weighted by molar-refractivity contribution is -0.148. The molecule has 0 radical (unpaired) electrons. The van der Waals surface area contributed by atoms with Gasteiger partial charge in [0.15, 0.2) is 11.5 Å². The Morgan fingerprint density at radius 2 is 1.76 bits per heavy atom. The summed E-state index contributed by atoms with van der Waals surface area (Å²) in [5.74, 6) is -1.11. The van der Waals surface area contributed by atoms with Crippen molar-refractivity contribution in [2.45, 2.75) is 52.2 Å². The number of methoxy groups -OCH3 is 3. The Morgan fingerprint density at radius 1 is 1.05 bits per heavy atom. The summed E-state index contributed by atoms with van der Waals surface area (Å²) in [4.78, 5) is 42.6. The van der Waals surface area contributed by atoms with E-state index in [1.54, 1.807) is 35.2 Å². The van der Waals surface area contributed by atoms with Gasteiger partial charge in [0.1, 0.15) is 12.2 Å². The van der Waals surface area contributed by atoms with Crippen molar-refractivity contribution < 1.29 is 38.4 Å². The summed E-state index contributed by atoms with van der Waals surface area (Å²) in [5, 5.41) is 9.98. The number of benzene rings is 2. The zero-order chi connectivity index (χ0) is 30.8. The van der Waals surface area contributed by atoms with Gasteiger partial charge in [-0.1, -0.05) is 32.4 Å². The highest BCUT2D eigenvalue weighted by Crippen LogP contribution is 2.48. The summed E-state index contributed by atoms with van der Waals surface area (Å²) in [7, 11) is 4.53. The second-order valence-corrected chi connectivity index (χ2v) is 12.3. The largest absolute Gasteiger partial charge is 0.493 e. The first-order valence-corrected chi connectivity index (χ1v) is 14.3. The molecule has 3 unspecified atom stereocenters. The first kappa shape index (κ1) is 31.4. The van der Waals surface area contributed by atoms with Crippen molar-refractivity contribution in [1.29, 1.82) is 0 Å². The maximum Gasteiger partial charge on any atom is 0.308 e. The Morgan fingerprint density at radius 3 is 2.38 bits per heavy atom. The lowest BCUT2D eigenvalue weighted by Crippen LogP contribution is -2.47. The molecule has 0 aromatic heterocycles. The van der Waals surface area contributed by atoms with Gasteiger partial charge in [0.05, 0.1) is 33.7 Å². The minimum Gasteiger partial charge on any atom is -0.493 e. The van der Waals surface area contributed by atoms with Crippen LogP contribution >= 0.6 is 11.6 Å². The molecule has 4 rings (SSSR count). The van der Waals surface area contributed by atoms with Crippen LogP contribution < -0.4 is 19.1 Å². The van der Waals surface area contributed by atoms with Crippen LogP contribution in [0.5, 0.6) is 17.2 Å². The monoisotopic (exact) mass is 602 g/mol. The Labute approximate surface area is 251 Å². The van der Waals surface area contributed by atoms with E-state index < -0.39 is 24.1 Å². The van der Waals surface area contributed by atoms with Crippen molar-refractivity contribution in [2.75, 3.05) is 45.9 Å². The first-order valence-electron chi connectivity index (χ1n) is 13.9. The van der Waals surface area contributed by atoms with Crippen LogP contribution in [0.2, 0.25) is 5.02 Å². The minimum absolute atomic E-state index is 0.101. The van der Waals surface area contributed by atoms with Crippen molar-refractivity contribution in [3.8, 4) is 17.2 Å². The van der Waals surface area contributed by atoms with Gasteiger partial charge in [-0.3, -0.25) is 14.4 Å². The normalized spacial score (nSPS) is 20.9. The number of hydrogen-bond acceptors (Lipinski definition) is 7. The molecule has 2 amide bonds. The zero-order valence-corrected chi connectivity index (χ0v) is 25.7. The van der Waals surface area contributed by atoms with E-state index in [0.717, 1.165) is 0 Å². The van der Waals surface area contributed by atoms with Crippen LogP contribution in [0.3, 0.4) is 0 Å². The third kappa shape index (κ3) is 6.60. The van der Waals surface area contributed by atoms with Crippen LogP contribution in [0, 0.1) is 11.3 Å². The van der Waals surface area contributed by atoms with E-state index in [1.165, 1.54) is 26.2 Å². The Hall–Kier alpha value is -3.50. The van der Waals surface area contributed by atoms with Gasteiger partial charge in [0.2, 0.25) is 11.7 Å². The van der Waals surface area contributed by atoms with Crippen molar-refractivity contribution in [3.63, 3.8) is 0 Å². The molecule has 2 aromatic rings. The highest BCUT2D eigenvalue weighted by molar-refractivity contribution is 6.30. The van der Waals surface area contributed by atoms with E-state index >= 15 is 0 Å². The number of carboxylic acids is 1. The molecule has 1 N–H and O–H groups in total. The maximum atomic E-state index is 14.2. The molecule has 228 valence electrons. The predicted molar refractivity (Wildman–Crippen MR) is 158 cm³/mol. The summed E-state index contributed by atoms with van der Waals surface area (Å²) in [6.45, 7) is 6.96. The van der Waals surface area contributed by atoms with Gasteiger partial charge in [-0.25, -0.2) is 0 Å². The smallest absolute Gasteiger partial charge is 0.308 e. The molecule has 2 aromatic carbocycles. The lowest BCUT2D eigenvalue weighted by Gasteiger charge is -2.33. The van der Waals surface area contributed by atoms with Crippen LogP contribution in [0.25, 0.3) is 0 Å². The molecule has 1 saturated heterocycles. The Kier molecular flexibility index (Phi) is 9.57. The number of rotatable bonds is 8. The van der Waals surface area contributed by atoms with Gasteiger partial charge in [-0.05, 0) is 48.6 Å². The van der Waals surface area contributed by atoms with Gasteiger partial charge in [-0.2, -0.15) is 0 Å². The standard InChI is InChI=1S/C31H39ClN2O8/c1-31(2,3)17-34-22-11-9-19(32)14-21(22)26(20-10-12-23(39-4)28(41-6)27(20)40-5)42-24(29(34)36)15-25(35)33-13-7-8-18(16-33)30(37)38/h9-12,14,18,24,26H,7-8,13,15-17H2,1-6H3,(H,37,38). The van der Waals surface area contributed by atoms with Crippen LogP contribution in [0.15, 0.2) is 30.3 Å².